The van der Waals surface area contributed by atoms with Gasteiger partial charge in [0.1, 0.15) is 11.1 Å². The molecule has 1 aromatic heterocycles. The number of aryl methyl sites for hydroxylation is 1. The highest BCUT2D eigenvalue weighted by Gasteiger charge is 2.15. The molecule has 0 saturated heterocycles. The van der Waals surface area contributed by atoms with Crippen LogP contribution in [0, 0.1) is 6.92 Å². The molecule has 0 radical (unpaired) electrons. The highest BCUT2D eigenvalue weighted by atomic mass is 16.4. The maximum atomic E-state index is 11.1. The van der Waals surface area contributed by atoms with E-state index in [4.69, 9.17) is 9.52 Å². The molecular formula is C16H13NO3. The highest BCUT2D eigenvalue weighted by Crippen LogP contribution is 2.22. The molecule has 3 aromatic rings. The van der Waals surface area contributed by atoms with Gasteiger partial charge in [0.25, 0.3) is 0 Å². The summed E-state index contributed by atoms with van der Waals surface area (Å²) < 4.78 is 5.63. The predicted octanol–water partition coefficient (Wildman–Crippen LogP) is 3.43. The average Bonchev–Trinajstić information content (AvgIpc) is 2.83. The van der Waals surface area contributed by atoms with Gasteiger partial charge in [-0.05, 0) is 30.2 Å². The van der Waals surface area contributed by atoms with Gasteiger partial charge < -0.3 is 9.52 Å². The smallest absolute Gasteiger partial charge is 0.339 e. The number of carbonyl (C=O) groups is 1. The first kappa shape index (κ1) is 12.4. The summed E-state index contributed by atoms with van der Waals surface area (Å²) in [6, 6.07) is 12.9. The van der Waals surface area contributed by atoms with Gasteiger partial charge in [0.15, 0.2) is 11.5 Å². The summed E-state index contributed by atoms with van der Waals surface area (Å²) in [5, 5.41) is 9.14. The summed E-state index contributed by atoms with van der Waals surface area (Å²) in [5.41, 5.74) is 3.34. The molecule has 100 valence electrons. The zero-order valence-corrected chi connectivity index (χ0v) is 11.0. The Labute approximate surface area is 115 Å². The average molecular weight is 267 g/mol. The second kappa shape index (κ2) is 4.81. The minimum atomic E-state index is -1.01. The number of nitrogens with zero attached hydrogens (tertiary/aromatic N) is 1. The van der Waals surface area contributed by atoms with Crippen LogP contribution in [0.1, 0.15) is 27.4 Å². The lowest BCUT2D eigenvalue weighted by molar-refractivity contribution is 0.0698. The quantitative estimate of drug-likeness (QED) is 0.789. The molecule has 0 fully saturated rings. The zero-order valence-electron chi connectivity index (χ0n) is 11.0. The van der Waals surface area contributed by atoms with Crippen molar-refractivity contribution in [2.45, 2.75) is 13.3 Å². The number of aromatic carboxylic acids is 1. The van der Waals surface area contributed by atoms with Crippen molar-refractivity contribution in [3.63, 3.8) is 0 Å². The molecule has 0 aliphatic carbocycles. The van der Waals surface area contributed by atoms with E-state index in [0.29, 0.717) is 23.4 Å². The molecule has 20 heavy (non-hydrogen) atoms. The van der Waals surface area contributed by atoms with E-state index >= 15 is 0 Å². The molecule has 0 aliphatic rings. The number of aromatic nitrogens is 1. The Morgan fingerprint density at radius 2 is 2.00 bits per heavy atom. The fourth-order valence-electron chi connectivity index (χ4n) is 2.21. The summed E-state index contributed by atoms with van der Waals surface area (Å²) >= 11 is 0. The summed E-state index contributed by atoms with van der Waals surface area (Å²) in [6.45, 7) is 2.03. The van der Waals surface area contributed by atoms with Gasteiger partial charge in [0, 0.05) is 6.42 Å². The van der Waals surface area contributed by atoms with Crippen LogP contribution in [0.3, 0.4) is 0 Å². The molecular weight excluding hydrogens is 254 g/mol. The molecule has 0 spiro atoms. The molecule has 1 N–H and O–H groups in total. The summed E-state index contributed by atoms with van der Waals surface area (Å²) in [7, 11) is 0. The number of rotatable bonds is 3. The Bertz CT molecular complexity index is 789. The summed E-state index contributed by atoms with van der Waals surface area (Å²) in [6.07, 6.45) is 0.556. The maximum absolute atomic E-state index is 11.1. The van der Waals surface area contributed by atoms with Crippen LogP contribution in [-0.2, 0) is 6.42 Å². The lowest BCUT2D eigenvalue weighted by Gasteiger charge is -2.01. The Kier molecular flexibility index (Phi) is 2.99. The molecule has 0 amide bonds. The minimum absolute atomic E-state index is 0.144. The molecule has 4 heteroatoms. The van der Waals surface area contributed by atoms with Crippen molar-refractivity contribution < 1.29 is 14.3 Å². The summed E-state index contributed by atoms with van der Waals surface area (Å²) in [5.74, 6) is -0.475. The van der Waals surface area contributed by atoms with E-state index in [1.54, 1.807) is 12.1 Å². The Morgan fingerprint density at radius 3 is 2.75 bits per heavy atom. The van der Waals surface area contributed by atoms with Crippen LogP contribution in [0.15, 0.2) is 46.9 Å². The van der Waals surface area contributed by atoms with Crippen molar-refractivity contribution in [2.75, 3.05) is 0 Å². The predicted molar refractivity (Wildman–Crippen MR) is 75.0 cm³/mol. The number of hydrogen-bond acceptors (Lipinski definition) is 3. The lowest BCUT2D eigenvalue weighted by atomic mass is 10.1. The van der Waals surface area contributed by atoms with E-state index in [1.165, 1.54) is 6.07 Å². The number of fused-ring (bicyclic) bond motifs is 1. The molecule has 3 rings (SSSR count). The number of benzene rings is 2. The monoisotopic (exact) mass is 267 g/mol. The van der Waals surface area contributed by atoms with Crippen molar-refractivity contribution in [1.29, 1.82) is 0 Å². The van der Waals surface area contributed by atoms with Crippen LogP contribution in [0.2, 0.25) is 0 Å². The molecule has 0 saturated carbocycles. The number of para-hydroxylation sites is 1. The number of hydrogen-bond donors (Lipinski definition) is 1. The van der Waals surface area contributed by atoms with E-state index in [9.17, 15) is 4.79 Å². The Morgan fingerprint density at radius 1 is 1.20 bits per heavy atom. The first-order valence-electron chi connectivity index (χ1n) is 6.31. The SMILES string of the molecule is Cc1ccccc1Cc1nc2cccc(C(=O)O)c2o1. The number of carboxylic acid groups (broad SMARTS) is 1. The van der Waals surface area contributed by atoms with E-state index in [-0.39, 0.29) is 5.56 Å². The van der Waals surface area contributed by atoms with Crippen LogP contribution in [0.5, 0.6) is 0 Å². The fraction of sp³-hybridized carbons (Fsp3) is 0.125. The number of carboxylic acids is 1. The van der Waals surface area contributed by atoms with E-state index < -0.39 is 5.97 Å². The molecule has 0 aliphatic heterocycles. The van der Waals surface area contributed by atoms with Gasteiger partial charge in [0.05, 0.1) is 0 Å². The van der Waals surface area contributed by atoms with Gasteiger partial charge in [-0.1, -0.05) is 30.3 Å². The van der Waals surface area contributed by atoms with E-state index in [0.717, 1.165) is 11.1 Å². The molecule has 0 unspecified atom stereocenters. The number of oxazole rings is 1. The molecule has 4 nitrogen and oxygen atoms in total. The van der Waals surface area contributed by atoms with Crippen molar-refractivity contribution in [3.8, 4) is 0 Å². The van der Waals surface area contributed by atoms with Gasteiger partial charge in [-0.3, -0.25) is 0 Å². The van der Waals surface area contributed by atoms with Crippen LogP contribution in [0.25, 0.3) is 11.1 Å². The van der Waals surface area contributed by atoms with Crippen molar-refractivity contribution in [1.82, 2.24) is 4.98 Å². The van der Waals surface area contributed by atoms with Gasteiger partial charge in [0.2, 0.25) is 0 Å². The largest absolute Gasteiger partial charge is 0.478 e. The zero-order chi connectivity index (χ0) is 14.1. The molecule has 0 atom stereocenters. The van der Waals surface area contributed by atoms with Crippen LogP contribution < -0.4 is 0 Å². The van der Waals surface area contributed by atoms with Gasteiger partial charge >= 0.3 is 5.97 Å². The van der Waals surface area contributed by atoms with Crippen molar-refractivity contribution in [2.24, 2.45) is 0 Å². The molecule has 2 aromatic carbocycles. The maximum Gasteiger partial charge on any atom is 0.339 e. The van der Waals surface area contributed by atoms with Crippen molar-refractivity contribution in [3.05, 3.63) is 65.0 Å². The van der Waals surface area contributed by atoms with Gasteiger partial charge in [-0.15, -0.1) is 0 Å². The fourth-order valence-corrected chi connectivity index (χ4v) is 2.21. The Balaban J connectivity index is 2.04. The van der Waals surface area contributed by atoms with E-state index in [2.05, 4.69) is 4.98 Å². The summed E-state index contributed by atoms with van der Waals surface area (Å²) in [4.78, 5) is 15.5. The van der Waals surface area contributed by atoms with Crippen molar-refractivity contribution >= 4 is 17.1 Å². The Hall–Kier alpha value is -2.62. The van der Waals surface area contributed by atoms with Crippen LogP contribution in [0.4, 0.5) is 0 Å². The third kappa shape index (κ3) is 2.16. The minimum Gasteiger partial charge on any atom is -0.478 e. The first-order valence-corrected chi connectivity index (χ1v) is 6.31. The second-order valence-corrected chi connectivity index (χ2v) is 4.67. The van der Waals surface area contributed by atoms with Gasteiger partial charge in [-0.2, -0.15) is 0 Å². The van der Waals surface area contributed by atoms with Crippen LogP contribution in [-0.4, -0.2) is 16.1 Å². The third-order valence-electron chi connectivity index (χ3n) is 3.29. The van der Waals surface area contributed by atoms with E-state index in [1.807, 2.05) is 31.2 Å². The molecule has 0 bridgehead atoms. The van der Waals surface area contributed by atoms with Gasteiger partial charge in [-0.25, -0.2) is 9.78 Å². The molecule has 1 heterocycles. The normalized spacial score (nSPS) is 10.8. The van der Waals surface area contributed by atoms with Crippen LogP contribution >= 0.6 is 0 Å². The first-order chi connectivity index (χ1) is 9.65. The second-order valence-electron chi connectivity index (χ2n) is 4.67. The lowest BCUT2D eigenvalue weighted by Crippen LogP contribution is -1.95. The highest BCUT2D eigenvalue weighted by molar-refractivity contribution is 5.99. The topological polar surface area (TPSA) is 63.3 Å². The standard InChI is InChI=1S/C16H13NO3/c1-10-5-2-3-6-11(10)9-14-17-13-8-4-7-12(16(18)19)15(13)20-14/h2-8H,9H2,1H3,(H,18,19). The third-order valence-corrected chi connectivity index (χ3v) is 3.29.